The van der Waals surface area contributed by atoms with Gasteiger partial charge in [-0.25, -0.2) is 13.9 Å². The standard InChI is InChI=1S/C16H21FN4O2/c1-10(2)21-14(8-9-18-21)20-16(23)19-11(3)15(22)12-4-6-13(17)7-5-12/h4-11,15,22H,1-3H3,(H2,19,20,23). The fraction of sp³-hybridized carbons (Fsp3) is 0.375. The molecule has 2 amide bonds. The lowest BCUT2D eigenvalue weighted by molar-refractivity contribution is 0.139. The Balaban J connectivity index is 1.96. The van der Waals surface area contributed by atoms with Gasteiger partial charge in [-0.3, -0.25) is 5.32 Å². The molecule has 2 unspecified atom stereocenters. The van der Waals surface area contributed by atoms with Gasteiger partial charge in [0.2, 0.25) is 0 Å². The minimum absolute atomic E-state index is 0.113. The first-order valence-corrected chi connectivity index (χ1v) is 7.43. The van der Waals surface area contributed by atoms with Gasteiger partial charge in [-0.05, 0) is 38.5 Å². The highest BCUT2D eigenvalue weighted by Gasteiger charge is 2.19. The van der Waals surface area contributed by atoms with Crippen molar-refractivity contribution in [2.75, 3.05) is 5.32 Å². The van der Waals surface area contributed by atoms with Crippen LogP contribution in [0.3, 0.4) is 0 Å². The van der Waals surface area contributed by atoms with E-state index < -0.39 is 18.2 Å². The van der Waals surface area contributed by atoms with Gasteiger partial charge in [-0.15, -0.1) is 0 Å². The number of urea groups is 1. The maximum atomic E-state index is 12.9. The highest BCUT2D eigenvalue weighted by atomic mass is 19.1. The zero-order chi connectivity index (χ0) is 17.0. The van der Waals surface area contributed by atoms with Crippen LogP contribution in [-0.2, 0) is 0 Å². The van der Waals surface area contributed by atoms with Crippen LogP contribution in [0.2, 0.25) is 0 Å². The normalized spacial score (nSPS) is 13.7. The lowest BCUT2D eigenvalue weighted by atomic mass is 10.0. The van der Waals surface area contributed by atoms with Crippen LogP contribution < -0.4 is 10.6 Å². The number of hydrogen-bond donors (Lipinski definition) is 3. The molecule has 1 heterocycles. The lowest BCUT2D eigenvalue weighted by Crippen LogP contribution is -2.40. The number of halogens is 1. The molecule has 0 spiro atoms. The molecule has 6 nitrogen and oxygen atoms in total. The molecular formula is C16H21FN4O2. The maximum Gasteiger partial charge on any atom is 0.320 e. The van der Waals surface area contributed by atoms with Crippen molar-refractivity contribution in [1.82, 2.24) is 15.1 Å². The van der Waals surface area contributed by atoms with E-state index in [4.69, 9.17) is 0 Å². The second kappa shape index (κ2) is 7.23. The van der Waals surface area contributed by atoms with Gasteiger partial charge in [-0.1, -0.05) is 12.1 Å². The molecular weight excluding hydrogens is 299 g/mol. The van der Waals surface area contributed by atoms with E-state index in [0.717, 1.165) is 0 Å². The predicted octanol–water partition coefficient (Wildman–Crippen LogP) is 2.85. The third-order valence-corrected chi connectivity index (χ3v) is 3.44. The van der Waals surface area contributed by atoms with E-state index >= 15 is 0 Å². The molecule has 0 aliphatic rings. The maximum absolute atomic E-state index is 12.9. The fourth-order valence-corrected chi connectivity index (χ4v) is 2.21. The molecule has 1 aromatic heterocycles. The SMILES string of the molecule is CC(NC(=O)Nc1ccnn1C(C)C)C(O)c1ccc(F)cc1. The Labute approximate surface area is 134 Å². The second-order valence-electron chi connectivity index (χ2n) is 5.64. The van der Waals surface area contributed by atoms with Crippen LogP contribution in [0.25, 0.3) is 0 Å². The van der Waals surface area contributed by atoms with Gasteiger partial charge in [0.15, 0.2) is 0 Å². The minimum atomic E-state index is -0.934. The molecule has 124 valence electrons. The Bertz CT molecular complexity index is 654. The number of amides is 2. The van der Waals surface area contributed by atoms with Crippen molar-refractivity contribution < 1.29 is 14.3 Å². The van der Waals surface area contributed by atoms with E-state index in [2.05, 4.69) is 15.7 Å². The summed E-state index contributed by atoms with van der Waals surface area (Å²) in [6.07, 6.45) is 0.670. The summed E-state index contributed by atoms with van der Waals surface area (Å²) >= 11 is 0. The van der Waals surface area contributed by atoms with Crippen molar-refractivity contribution in [2.24, 2.45) is 0 Å². The number of benzene rings is 1. The first-order chi connectivity index (χ1) is 10.9. The van der Waals surface area contributed by atoms with E-state index in [1.807, 2.05) is 13.8 Å². The molecule has 2 aromatic rings. The molecule has 0 aliphatic heterocycles. The number of aliphatic hydroxyl groups is 1. The summed E-state index contributed by atoms with van der Waals surface area (Å²) in [6, 6.07) is 6.34. The second-order valence-corrected chi connectivity index (χ2v) is 5.64. The Morgan fingerprint density at radius 1 is 1.22 bits per heavy atom. The van der Waals surface area contributed by atoms with Gasteiger partial charge in [0.1, 0.15) is 11.6 Å². The van der Waals surface area contributed by atoms with E-state index in [1.54, 1.807) is 23.9 Å². The van der Waals surface area contributed by atoms with Crippen molar-refractivity contribution >= 4 is 11.8 Å². The summed E-state index contributed by atoms with van der Waals surface area (Å²) in [4.78, 5) is 12.1. The van der Waals surface area contributed by atoms with Crippen LogP contribution in [0, 0.1) is 5.82 Å². The lowest BCUT2D eigenvalue weighted by Gasteiger charge is -2.21. The van der Waals surface area contributed by atoms with Crippen LogP contribution >= 0.6 is 0 Å². The molecule has 3 N–H and O–H groups in total. The van der Waals surface area contributed by atoms with E-state index in [-0.39, 0.29) is 11.9 Å². The number of nitrogens with zero attached hydrogens (tertiary/aromatic N) is 2. The van der Waals surface area contributed by atoms with Gasteiger partial charge in [0.05, 0.1) is 18.3 Å². The highest BCUT2D eigenvalue weighted by Crippen LogP contribution is 2.18. The van der Waals surface area contributed by atoms with Crippen LogP contribution in [-0.4, -0.2) is 27.0 Å². The Morgan fingerprint density at radius 2 is 1.87 bits per heavy atom. The smallest absolute Gasteiger partial charge is 0.320 e. The quantitative estimate of drug-likeness (QED) is 0.792. The molecule has 0 saturated carbocycles. The van der Waals surface area contributed by atoms with Gasteiger partial charge < -0.3 is 10.4 Å². The summed E-state index contributed by atoms with van der Waals surface area (Å²) in [7, 11) is 0. The number of aliphatic hydroxyl groups excluding tert-OH is 1. The van der Waals surface area contributed by atoms with E-state index in [0.29, 0.717) is 11.4 Å². The topological polar surface area (TPSA) is 79.2 Å². The average Bonchev–Trinajstić information content (AvgIpc) is 2.95. The van der Waals surface area contributed by atoms with Crippen LogP contribution in [0.15, 0.2) is 36.5 Å². The Hall–Kier alpha value is -2.41. The molecule has 2 atom stereocenters. The van der Waals surface area contributed by atoms with Crippen molar-refractivity contribution in [3.8, 4) is 0 Å². The zero-order valence-electron chi connectivity index (χ0n) is 13.3. The summed E-state index contributed by atoms with van der Waals surface area (Å²) in [5.41, 5.74) is 0.534. The number of aromatic nitrogens is 2. The highest BCUT2D eigenvalue weighted by molar-refractivity contribution is 5.88. The molecule has 0 fully saturated rings. The fourth-order valence-electron chi connectivity index (χ4n) is 2.21. The number of carbonyl (C=O) groups excluding carboxylic acids is 1. The minimum Gasteiger partial charge on any atom is -0.386 e. The largest absolute Gasteiger partial charge is 0.386 e. The number of hydrogen-bond acceptors (Lipinski definition) is 3. The van der Waals surface area contributed by atoms with E-state index in [9.17, 15) is 14.3 Å². The summed E-state index contributed by atoms with van der Waals surface area (Å²) in [6.45, 7) is 5.58. The van der Waals surface area contributed by atoms with Gasteiger partial charge >= 0.3 is 6.03 Å². The first kappa shape index (κ1) is 17.0. The molecule has 0 saturated heterocycles. The van der Waals surface area contributed by atoms with Crippen LogP contribution in [0.1, 0.15) is 38.5 Å². The first-order valence-electron chi connectivity index (χ1n) is 7.43. The van der Waals surface area contributed by atoms with Crippen molar-refractivity contribution in [1.29, 1.82) is 0 Å². The van der Waals surface area contributed by atoms with Crippen molar-refractivity contribution in [3.05, 3.63) is 47.9 Å². The molecule has 7 heteroatoms. The summed E-state index contributed by atoms with van der Waals surface area (Å²) in [5, 5.41) is 19.7. The van der Waals surface area contributed by atoms with Gasteiger partial charge in [-0.2, -0.15) is 5.10 Å². The molecule has 23 heavy (non-hydrogen) atoms. The molecule has 2 rings (SSSR count). The summed E-state index contributed by atoms with van der Waals surface area (Å²) < 4.78 is 14.6. The third-order valence-electron chi connectivity index (χ3n) is 3.44. The molecule has 1 aromatic carbocycles. The molecule has 0 radical (unpaired) electrons. The summed E-state index contributed by atoms with van der Waals surface area (Å²) in [5.74, 6) is 0.197. The monoisotopic (exact) mass is 320 g/mol. The van der Waals surface area contributed by atoms with Crippen molar-refractivity contribution in [3.63, 3.8) is 0 Å². The van der Waals surface area contributed by atoms with E-state index in [1.165, 1.54) is 24.3 Å². The number of anilines is 1. The number of rotatable bonds is 5. The number of nitrogens with one attached hydrogen (secondary N) is 2. The van der Waals surface area contributed by atoms with Crippen LogP contribution in [0.4, 0.5) is 15.0 Å². The van der Waals surface area contributed by atoms with Gasteiger partial charge in [0.25, 0.3) is 0 Å². The van der Waals surface area contributed by atoms with Gasteiger partial charge in [0, 0.05) is 12.1 Å². The zero-order valence-corrected chi connectivity index (χ0v) is 13.3. The van der Waals surface area contributed by atoms with Crippen LogP contribution in [0.5, 0.6) is 0 Å². The Morgan fingerprint density at radius 3 is 2.48 bits per heavy atom. The number of carbonyl (C=O) groups is 1. The molecule has 0 aliphatic carbocycles. The molecule has 0 bridgehead atoms. The third kappa shape index (κ3) is 4.29. The van der Waals surface area contributed by atoms with Crippen molar-refractivity contribution in [2.45, 2.75) is 39.0 Å². The average molecular weight is 320 g/mol. The Kier molecular flexibility index (Phi) is 5.33. The predicted molar refractivity (Wildman–Crippen MR) is 85.6 cm³/mol.